The molecule has 1 heterocycles. The predicted molar refractivity (Wildman–Crippen MR) is 97.8 cm³/mol. The number of benzene rings is 2. The summed E-state index contributed by atoms with van der Waals surface area (Å²) in [5.41, 5.74) is 5.71. The second-order valence-corrected chi connectivity index (χ2v) is 7.01. The number of hydrogen-bond acceptors (Lipinski definition) is 3. The van der Waals surface area contributed by atoms with E-state index in [0.717, 1.165) is 39.0 Å². The lowest BCUT2D eigenvalue weighted by Crippen LogP contribution is -2.49. The van der Waals surface area contributed by atoms with Crippen LogP contribution in [-0.4, -0.2) is 53.6 Å². The molecule has 4 nitrogen and oxygen atoms in total. The van der Waals surface area contributed by atoms with Crippen LogP contribution in [0.2, 0.25) is 0 Å². The molecule has 1 aliphatic heterocycles. The van der Waals surface area contributed by atoms with Crippen molar-refractivity contribution in [1.29, 1.82) is 0 Å². The Morgan fingerprint density at radius 2 is 1.40 bits per heavy atom. The van der Waals surface area contributed by atoms with E-state index in [1.165, 1.54) is 22.3 Å². The van der Waals surface area contributed by atoms with Gasteiger partial charge in [-0.15, -0.1) is 0 Å². The number of fused-ring (bicyclic) bond motifs is 2. The lowest BCUT2D eigenvalue weighted by molar-refractivity contribution is -0.138. The van der Waals surface area contributed by atoms with Crippen molar-refractivity contribution in [2.45, 2.75) is 18.9 Å². The number of hydrogen-bond donors (Lipinski definition) is 1. The third-order valence-electron chi connectivity index (χ3n) is 5.49. The molecular formula is C21H24N2O2. The first-order valence-corrected chi connectivity index (χ1v) is 9.06. The van der Waals surface area contributed by atoms with Gasteiger partial charge in [-0.3, -0.25) is 14.6 Å². The van der Waals surface area contributed by atoms with Gasteiger partial charge in [-0.25, -0.2) is 0 Å². The summed E-state index contributed by atoms with van der Waals surface area (Å²) in [4.78, 5) is 15.5. The van der Waals surface area contributed by atoms with Crippen LogP contribution in [0.4, 0.5) is 0 Å². The smallest absolute Gasteiger partial charge is 0.317 e. The molecule has 1 aliphatic carbocycles. The Bertz CT molecular complexity index is 718. The monoisotopic (exact) mass is 336 g/mol. The van der Waals surface area contributed by atoms with Crippen LogP contribution in [0.5, 0.6) is 0 Å². The molecule has 0 saturated carbocycles. The highest BCUT2D eigenvalue weighted by Crippen LogP contribution is 2.37. The van der Waals surface area contributed by atoms with E-state index >= 15 is 0 Å². The zero-order valence-corrected chi connectivity index (χ0v) is 14.4. The quantitative estimate of drug-likeness (QED) is 0.936. The third kappa shape index (κ3) is 3.32. The average molecular weight is 336 g/mol. The van der Waals surface area contributed by atoms with Gasteiger partial charge >= 0.3 is 5.97 Å². The standard InChI is InChI=1S/C21H24N2O2/c24-20(25)15-22-11-13-23(14-12-22)21-18-7-3-1-5-16(18)9-10-17-6-2-4-8-19(17)21/h1-8,21H,9-15H2,(H,24,25). The zero-order valence-electron chi connectivity index (χ0n) is 14.4. The van der Waals surface area contributed by atoms with Gasteiger partial charge in [0.15, 0.2) is 0 Å². The SMILES string of the molecule is O=C(O)CN1CCN(C2c3ccccc3CCc3ccccc32)CC1. The highest BCUT2D eigenvalue weighted by Gasteiger charge is 2.30. The van der Waals surface area contributed by atoms with E-state index in [4.69, 9.17) is 5.11 Å². The van der Waals surface area contributed by atoms with Crippen molar-refractivity contribution >= 4 is 5.97 Å². The first-order chi connectivity index (χ1) is 12.2. The number of carbonyl (C=O) groups is 1. The Labute approximate surface area is 148 Å². The van der Waals surface area contributed by atoms with Crippen LogP contribution in [0.1, 0.15) is 28.3 Å². The van der Waals surface area contributed by atoms with Crippen molar-refractivity contribution in [3.8, 4) is 0 Å². The molecule has 2 aliphatic rings. The highest BCUT2D eigenvalue weighted by molar-refractivity contribution is 5.69. The van der Waals surface area contributed by atoms with Gasteiger partial charge in [0, 0.05) is 26.2 Å². The molecule has 4 heteroatoms. The minimum absolute atomic E-state index is 0.145. The van der Waals surface area contributed by atoms with Crippen LogP contribution in [0.15, 0.2) is 48.5 Å². The summed E-state index contributed by atoms with van der Waals surface area (Å²) in [5.74, 6) is -0.737. The maximum absolute atomic E-state index is 11.0. The summed E-state index contributed by atoms with van der Waals surface area (Å²) in [6.07, 6.45) is 2.17. The van der Waals surface area contributed by atoms with Gasteiger partial charge in [0.05, 0.1) is 12.6 Å². The largest absolute Gasteiger partial charge is 0.480 e. The fourth-order valence-corrected chi connectivity index (χ4v) is 4.26. The Kier molecular flexibility index (Phi) is 4.55. The number of carboxylic acids is 1. The van der Waals surface area contributed by atoms with Gasteiger partial charge in [0.1, 0.15) is 0 Å². The Balaban J connectivity index is 1.66. The topological polar surface area (TPSA) is 43.8 Å². The molecule has 130 valence electrons. The molecule has 2 aromatic rings. The number of piperazine rings is 1. The van der Waals surface area contributed by atoms with Gasteiger partial charge in [0.25, 0.3) is 0 Å². The van der Waals surface area contributed by atoms with Crippen molar-refractivity contribution in [3.63, 3.8) is 0 Å². The maximum Gasteiger partial charge on any atom is 0.317 e. The molecular weight excluding hydrogens is 312 g/mol. The van der Waals surface area contributed by atoms with E-state index in [1.807, 2.05) is 4.90 Å². The molecule has 0 amide bonds. The molecule has 4 rings (SSSR count). The minimum atomic E-state index is -0.737. The van der Waals surface area contributed by atoms with Crippen LogP contribution in [0, 0.1) is 0 Å². The molecule has 2 aromatic carbocycles. The zero-order chi connectivity index (χ0) is 17.2. The second kappa shape index (κ2) is 6.98. The third-order valence-corrected chi connectivity index (χ3v) is 5.49. The Morgan fingerprint density at radius 1 is 0.880 bits per heavy atom. The molecule has 0 unspecified atom stereocenters. The van der Waals surface area contributed by atoms with E-state index in [-0.39, 0.29) is 12.6 Å². The molecule has 1 fully saturated rings. The normalized spacial score (nSPS) is 19.0. The van der Waals surface area contributed by atoms with Crippen LogP contribution in [-0.2, 0) is 17.6 Å². The van der Waals surface area contributed by atoms with Crippen LogP contribution in [0.25, 0.3) is 0 Å². The van der Waals surface area contributed by atoms with Gasteiger partial charge < -0.3 is 5.11 Å². The number of aliphatic carboxylic acids is 1. The molecule has 0 radical (unpaired) electrons. The summed E-state index contributed by atoms with van der Waals surface area (Å²) in [7, 11) is 0. The van der Waals surface area contributed by atoms with Crippen LogP contribution < -0.4 is 0 Å². The summed E-state index contributed by atoms with van der Waals surface area (Å²) in [6.45, 7) is 3.58. The van der Waals surface area contributed by atoms with E-state index in [9.17, 15) is 4.79 Å². The number of aryl methyl sites for hydroxylation is 2. The lowest BCUT2D eigenvalue weighted by Gasteiger charge is -2.39. The summed E-state index contributed by atoms with van der Waals surface area (Å²) >= 11 is 0. The van der Waals surface area contributed by atoms with Crippen LogP contribution >= 0.6 is 0 Å². The molecule has 1 saturated heterocycles. The van der Waals surface area contributed by atoms with Crippen molar-refractivity contribution in [1.82, 2.24) is 9.80 Å². The van der Waals surface area contributed by atoms with Gasteiger partial charge in [-0.05, 0) is 35.1 Å². The van der Waals surface area contributed by atoms with E-state index in [0.29, 0.717) is 0 Å². The minimum Gasteiger partial charge on any atom is -0.480 e. The fourth-order valence-electron chi connectivity index (χ4n) is 4.26. The molecule has 0 atom stereocenters. The van der Waals surface area contributed by atoms with Crippen molar-refractivity contribution in [2.24, 2.45) is 0 Å². The maximum atomic E-state index is 11.0. The van der Waals surface area contributed by atoms with E-state index in [2.05, 4.69) is 53.4 Å². The van der Waals surface area contributed by atoms with Gasteiger partial charge in [0.2, 0.25) is 0 Å². The summed E-state index contributed by atoms with van der Waals surface area (Å²) in [5, 5.41) is 9.02. The van der Waals surface area contributed by atoms with Crippen molar-refractivity contribution in [2.75, 3.05) is 32.7 Å². The van der Waals surface area contributed by atoms with Crippen molar-refractivity contribution in [3.05, 3.63) is 70.8 Å². The van der Waals surface area contributed by atoms with E-state index in [1.54, 1.807) is 0 Å². The molecule has 0 spiro atoms. The Hall–Kier alpha value is -2.17. The summed E-state index contributed by atoms with van der Waals surface area (Å²) < 4.78 is 0. The average Bonchev–Trinajstić information content (AvgIpc) is 2.79. The first kappa shape index (κ1) is 16.3. The fraction of sp³-hybridized carbons (Fsp3) is 0.381. The van der Waals surface area contributed by atoms with E-state index < -0.39 is 5.97 Å². The molecule has 0 aromatic heterocycles. The number of nitrogens with zero attached hydrogens (tertiary/aromatic N) is 2. The van der Waals surface area contributed by atoms with Crippen LogP contribution in [0.3, 0.4) is 0 Å². The molecule has 0 bridgehead atoms. The van der Waals surface area contributed by atoms with Crippen molar-refractivity contribution < 1.29 is 9.90 Å². The predicted octanol–water partition coefficient (Wildman–Crippen LogP) is 2.58. The molecule has 25 heavy (non-hydrogen) atoms. The highest BCUT2D eigenvalue weighted by atomic mass is 16.4. The first-order valence-electron chi connectivity index (χ1n) is 9.06. The lowest BCUT2D eigenvalue weighted by atomic mass is 9.93. The van der Waals surface area contributed by atoms with Gasteiger partial charge in [-0.2, -0.15) is 0 Å². The molecule has 1 N–H and O–H groups in total. The summed E-state index contributed by atoms with van der Waals surface area (Å²) in [6, 6.07) is 17.9. The number of rotatable bonds is 3. The number of carboxylic acid groups (broad SMARTS) is 1. The van der Waals surface area contributed by atoms with Gasteiger partial charge in [-0.1, -0.05) is 48.5 Å². The second-order valence-electron chi connectivity index (χ2n) is 7.01. The Morgan fingerprint density at radius 3 is 1.92 bits per heavy atom.